The van der Waals surface area contributed by atoms with Crippen LogP contribution in [0, 0.1) is 13.8 Å². The summed E-state index contributed by atoms with van der Waals surface area (Å²) in [5.74, 6) is -0.578. The molecule has 0 aliphatic carbocycles. The molecule has 1 heterocycles. The fraction of sp³-hybridized carbons (Fsp3) is 0.105. The number of rotatable bonds is 5. The second kappa shape index (κ2) is 9.22. The molecule has 0 saturated carbocycles. The smallest absolute Gasteiger partial charge is 0.257 e. The minimum atomic E-state index is -0.314. The lowest BCUT2D eigenvalue weighted by Gasteiger charge is -2.10. The van der Waals surface area contributed by atoms with Crippen LogP contribution in [-0.2, 0) is 0 Å². The van der Waals surface area contributed by atoms with Gasteiger partial charge in [-0.05, 0) is 49.3 Å². The van der Waals surface area contributed by atoms with Crippen LogP contribution in [0.25, 0.3) is 0 Å². The van der Waals surface area contributed by atoms with E-state index in [1.807, 2.05) is 38.1 Å². The third-order valence-electron chi connectivity index (χ3n) is 3.93. The Morgan fingerprint density at radius 3 is 2.03 bits per heavy atom. The molecule has 0 aliphatic rings. The molecule has 29 heavy (non-hydrogen) atoms. The van der Waals surface area contributed by atoms with E-state index in [9.17, 15) is 9.59 Å². The zero-order valence-corrected chi connectivity index (χ0v) is 17.3. The van der Waals surface area contributed by atoms with Gasteiger partial charge < -0.3 is 0 Å². The number of anilines is 2. The average molecular weight is 427 g/mol. The van der Waals surface area contributed by atoms with Crippen LogP contribution in [0.3, 0.4) is 0 Å². The van der Waals surface area contributed by atoms with Crippen LogP contribution in [-0.4, -0.2) is 27.1 Å². The first kappa shape index (κ1) is 20.4. The van der Waals surface area contributed by atoms with E-state index in [2.05, 4.69) is 31.7 Å². The van der Waals surface area contributed by atoms with E-state index < -0.39 is 0 Å². The highest BCUT2D eigenvalue weighted by Gasteiger charge is 2.13. The Balaban J connectivity index is 1.52. The number of amides is 2. The molecule has 3 aromatic rings. The molecule has 148 valence electrons. The quantitative estimate of drug-likeness (QED) is 0.367. The average Bonchev–Trinajstić information content (AvgIpc) is 3.14. The van der Waals surface area contributed by atoms with Crippen molar-refractivity contribution < 1.29 is 9.59 Å². The standard InChI is InChI=1S/C19H18N6O2S2/c1-11-7-3-5-9-13(11)15(26)20-17(28)22-24-19-25-23-18(29-19)21-16(27)14-10-6-4-8-12(14)2/h3-10H,1-2H3,(H,24,25)(H,21,23,27)(H2,20,22,26,28). The second-order valence-electron chi connectivity index (χ2n) is 6.03. The zero-order chi connectivity index (χ0) is 20.8. The summed E-state index contributed by atoms with van der Waals surface area (Å²) < 4.78 is 0. The summed E-state index contributed by atoms with van der Waals surface area (Å²) in [4.78, 5) is 24.6. The summed E-state index contributed by atoms with van der Waals surface area (Å²) in [6.07, 6.45) is 0. The van der Waals surface area contributed by atoms with E-state index in [1.165, 1.54) is 0 Å². The van der Waals surface area contributed by atoms with Crippen molar-refractivity contribution in [1.29, 1.82) is 0 Å². The van der Waals surface area contributed by atoms with Crippen LogP contribution in [0.1, 0.15) is 31.8 Å². The van der Waals surface area contributed by atoms with Gasteiger partial charge in [0.05, 0.1) is 0 Å². The van der Waals surface area contributed by atoms with Gasteiger partial charge in [-0.3, -0.25) is 31.1 Å². The third kappa shape index (κ3) is 5.33. The Bertz CT molecular complexity index is 1070. The van der Waals surface area contributed by atoms with Crippen molar-refractivity contribution in [2.24, 2.45) is 0 Å². The topological polar surface area (TPSA) is 108 Å². The molecule has 0 bridgehead atoms. The summed E-state index contributed by atoms with van der Waals surface area (Å²) in [7, 11) is 0. The molecule has 3 rings (SSSR count). The van der Waals surface area contributed by atoms with Crippen molar-refractivity contribution in [3.63, 3.8) is 0 Å². The first-order valence-corrected chi connectivity index (χ1v) is 9.80. The van der Waals surface area contributed by atoms with Gasteiger partial charge in [-0.15, -0.1) is 10.2 Å². The first-order valence-electron chi connectivity index (χ1n) is 8.57. The van der Waals surface area contributed by atoms with E-state index >= 15 is 0 Å². The SMILES string of the molecule is Cc1ccccc1C(=O)NC(=S)NNc1nnc(NC(=O)c2ccccc2C)s1. The number of hydrogen-bond donors (Lipinski definition) is 4. The van der Waals surface area contributed by atoms with Crippen LogP contribution < -0.4 is 21.5 Å². The molecule has 0 fully saturated rings. The molecule has 0 aliphatic heterocycles. The summed E-state index contributed by atoms with van der Waals surface area (Å²) in [6.45, 7) is 3.70. The maximum atomic E-state index is 12.3. The maximum Gasteiger partial charge on any atom is 0.257 e. The summed E-state index contributed by atoms with van der Waals surface area (Å²) in [5.41, 5.74) is 8.23. The number of aromatic nitrogens is 2. The minimum absolute atomic E-state index is 0.0824. The van der Waals surface area contributed by atoms with Gasteiger partial charge in [-0.2, -0.15) is 0 Å². The third-order valence-corrected chi connectivity index (χ3v) is 4.89. The number of carbonyl (C=O) groups excluding carboxylic acids is 2. The van der Waals surface area contributed by atoms with E-state index in [-0.39, 0.29) is 16.9 Å². The van der Waals surface area contributed by atoms with Crippen molar-refractivity contribution in [2.45, 2.75) is 13.8 Å². The van der Waals surface area contributed by atoms with Crippen molar-refractivity contribution in [1.82, 2.24) is 20.9 Å². The number of nitrogens with one attached hydrogen (secondary N) is 4. The fourth-order valence-corrected chi connectivity index (χ4v) is 3.19. The molecule has 4 N–H and O–H groups in total. The second-order valence-corrected chi connectivity index (χ2v) is 7.42. The summed E-state index contributed by atoms with van der Waals surface area (Å²) in [5, 5.41) is 13.9. The van der Waals surface area contributed by atoms with Crippen LogP contribution in [0.15, 0.2) is 48.5 Å². The number of nitrogens with zero attached hydrogens (tertiary/aromatic N) is 2. The van der Waals surface area contributed by atoms with Gasteiger partial charge in [0, 0.05) is 11.1 Å². The molecule has 0 saturated heterocycles. The zero-order valence-electron chi connectivity index (χ0n) is 15.6. The number of aryl methyl sites for hydroxylation is 2. The van der Waals surface area contributed by atoms with Crippen LogP contribution in [0.4, 0.5) is 10.3 Å². The molecule has 0 atom stereocenters. The van der Waals surface area contributed by atoms with Crippen molar-refractivity contribution in [3.05, 3.63) is 70.8 Å². The Morgan fingerprint density at radius 1 is 0.862 bits per heavy atom. The van der Waals surface area contributed by atoms with Crippen molar-refractivity contribution >= 4 is 50.7 Å². The van der Waals surface area contributed by atoms with E-state index in [1.54, 1.807) is 24.3 Å². The van der Waals surface area contributed by atoms with Gasteiger partial charge in [0.2, 0.25) is 10.3 Å². The predicted molar refractivity (Wildman–Crippen MR) is 117 cm³/mol. The lowest BCUT2D eigenvalue weighted by molar-refractivity contribution is 0.0974. The lowest BCUT2D eigenvalue weighted by atomic mass is 10.1. The number of thiocarbonyl (C=S) groups is 1. The summed E-state index contributed by atoms with van der Waals surface area (Å²) >= 11 is 6.23. The monoisotopic (exact) mass is 426 g/mol. The molecule has 10 heteroatoms. The van der Waals surface area contributed by atoms with Crippen LogP contribution in [0.2, 0.25) is 0 Å². The molecule has 0 spiro atoms. The number of hydrogen-bond acceptors (Lipinski definition) is 7. The van der Waals surface area contributed by atoms with Crippen LogP contribution in [0.5, 0.6) is 0 Å². The number of carbonyl (C=O) groups is 2. The van der Waals surface area contributed by atoms with Gasteiger partial charge in [0.1, 0.15) is 0 Å². The highest BCUT2D eigenvalue weighted by molar-refractivity contribution is 7.80. The van der Waals surface area contributed by atoms with Gasteiger partial charge in [0.15, 0.2) is 5.11 Å². The molecule has 2 amide bonds. The van der Waals surface area contributed by atoms with Crippen molar-refractivity contribution in [2.75, 3.05) is 10.7 Å². The first-order chi connectivity index (χ1) is 13.9. The van der Waals surface area contributed by atoms with E-state index in [4.69, 9.17) is 12.2 Å². The Labute approximate surface area is 176 Å². The Kier molecular flexibility index (Phi) is 6.47. The fourth-order valence-electron chi connectivity index (χ4n) is 2.46. The number of hydrazine groups is 1. The molecular formula is C19H18N6O2S2. The van der Waals surface area contributed by atoms with Gasteiger partial charge >= 0.3 is 0 Å². The molecular weight excluding hydrogens is 408 g/mol. The normalized spacial score (nSPS) is 10.1. The van der Waals surface area contributed by atoms with Crippen molar-refractivity contribution in [3.8, 4) is 0 Å². The molecule has 2 aromatic carbocycles. The molecule has 0 unspecified atom stereocenters. The molecule has 0 radical (unpaired) electrons. The van der Waals surface area contributed by atoms with Gasteiger partial charge in [-0.1, -0.05) is 47.7 Å². The molecule has 1 aromatic heterocycles. The van der Waals surface area contributed by atoms with Gasteiger partial charge in [-0.25, -0.2) is 0 Å². The largest absolute Gasteiger partial charge is 0.298 e. The predicted octanol–water partition coefficient (Wildman–Crippen LogP) is 3.04. The Morgan fingerprint density at radius 2 is 1.41 bits per heavy atom. The summed E-state index contributed by atoms with van der Waals surface area (Å²) in [6, 6.07) is 14.5. The highest BCUT2D eigenvalue weighted by atomic mass is 32.1. The van der Waals surface area contributed by atoms with E-state index in [0.29, 0.717) is 21.4 Å². The van der Waals surface area contributed by atoms with Gasteiger partial charge in [0.25, 0.3) is 11.8 Å². The minimum Gasteiger partial charge on any atom is -0.298 e. The highest BCUT2D eigenvalue weighted by Crippen LogP contribution is 2.20. The van der Waals surface area contributed by atoms with Crippen LogP contribution >= 0.6 is 23.6 Å². The molecule has 8 nitrogen and oxygen atoms in total. The Hall–Kier alpha value is -3.37. The van der Waals surface area contributed by atoms with E-state index in [0.717, 1.165) is 22.5 Å². The maximum absolute atomic E-state index is 12.3. The number of benzene rings is 2. The lowest BCUT2D eigenvalue weighted by Crippen LogP contribution is -2.42.